The highest BCUT2D eigenvalue weighted by atomic mass is 16.5. The molecule has 1 amide bonds. The van der Waals surface area contributed by atoms with E-state index < -0.39 is 24.0 Å². The largest absolute Gasteiger partial charge is 0.455 e. The number of benzene rings is 2. The Kier molecular flexibility index (Phi) is 6.06. The number of esters is 1. The van der Waals surface area contributed by atoms with Gasteiger partial charge in [-0.15, -0.1) is 0 Å². The fraction of sp³-hybridized carbons (Fsp3) is 0.292. The van der Waals surface area contributed by atoms with Gasteiger partial charge in [0.1, 0.15) is 11.3 Å². The average Bonchev–Trinajstić information content (AvgIpc) is 2.74. The summed E-state index contributed by atoms with van der Waals surface area (Å²) in [6.07, 6.45) is 0.739. The van der Waals surface area contributed by atoms with Crippen molar-refractivity contribution in [3.8, 4) is 11.3 Å². The van der Waals surface area contributed by atoms with Gasteiger partial charge >= 0.3 is 5.97 Å². The molecule has 156 valence electrons. The SMILES string of the molecule is CCC(C)(C)NC(=O)COC(=O)c1cccc2c(=O)c(C)c(-c3ccccc3)oc12. The second-order valence-electron chi connectivity index (χ2n) is 7.80. The highest BCUT2D eigenvalue weighted by Gasteiger charge is 2.22. The van der Waals surface area contributed by atoms with Crippen molar-refractivity contribution in [1.29, 1.82) is 0 Å². The fourth-order valence-electron chi connectivity index (χ4n) is 3.05. The highest BCUT2D eigenvalue weighted by Crippen LogP contribution is 2.27. The number of hydrogen-bond acceptors (Lipinski definition) is 5. The maximum atomic E-state index is 12.9. The van der Waals surface area contributed by atoms with E-state index in [-0.39, 0.29) is 22.0 Å². The molecule has 0 aliphatic rings. The van der Waals surface area contributed by atoms with Gasteiger partial charge in [-0.1, -0.05) is 43.3 Å². The van der Waals surface area contributed by atoms with Gasteiger partial charge in [0, 0.05) is 16.7 Å². The van der Waals surface area contributed by atoms with Crippen LogP contribution >= 0.6 is 0 Å². The predicted octanol–water partition coefficient (Wildman–Crippen LogP) is 4.23. The normalized spacial score (nSPS) is 11.3. The fourth-order valence-corrected chi connectivity index (χ4v) is 3.05. The van der Waals surface area contributed by atoms with Gasteiger partial charge in [-0.25, -0.2) is 4.79 Å². The van der Waals surface area contributed by atoms with Crippen LogP contribution in [-0.2, 0) is 9.53 Å². The van der Waals surface area contributed by atoms with Crippen LogP contribution in [0, 0.1) is 6.92 Å². The van der Waals surface area contributed by atoms with Crippen molar-refractivity contribution < 1.29 is 18.7 Å². The number of amides is 1. The van der Waals surface area contributed by atoms with E-state index in [4.69, 9.17) is 9.15 Å². The van der Waals surface area contributed by atoms with Crippen LogP contribution in [0.15, 0.2) is 57.7 Å². The van der Waals surface area contributed by atoms with E-state index in [2.05, 4.69) is 5.32 Å². The van der Waals surface area contributed by atoms with Crippen molar-refractivity contribution in [2.75, 3.05) is 6.61 Å². The second-order valence-corrected chi connectivity index (χ2v) is 7.80. The minimum atomic E-state index is -0.726. The molecule has 1 aromatic heterocycles. The number of hydrogen-bond donors (Lipinski definition) is 1. The summed E-state index contributed by atoms with van der Waals surface area (Å²) in [7, 11) is 0. The molecule has 30 heavy (non-hydrogen) atoms. The third-order valence-electron chi connectivity index (χ3n) is 5.10. The molecule has 0 radical (unpaired) electrons. The van der Waals surface area contributed by atoms with Crippen molar-refractivity contribution in [3.05, 3.63) is 69.9 Å². The summed E-state index contributed by atoms with van der Waals surface area (Å²) in [5, 5.41) is 3.10. The lowest BCUT2D eigenvalue weighted by molar-refractivity contribution is -0.125. The van der Waals surface area contributed by atoms with Gasteiger partial charge in [-0.05, 0) is 39.3 Å². The van der Waals surface area contributed by atoms with Crippen LogP contribution in [0.25, 0.3) is 22.3 Å². The molecular formula is C24H25NO5. The van der Waals surface area contributed by atoms with Crippen LogP contribution in [0.5, 0.6) is 0 Å². The first-order valence-electron chi connectivity index (χ1n) is 9.83. The molecule has 1 N–H and O–H groups in total. The van der Waals surface area contributed by atoms with Crippen LogP contribution in [-0.4, -0.2) is 24.0 Å². The number of para-hydroxylation sites is 1. The quantitative estimate of drug-likeness (QED) is 0.618. The minimum Gasteiger partial charge on any atom is -0.455 e. The first-order valence-corrected chi connectivity index (χ1v) is 9.83. The topological polar surface area (TPSA) is 85.6 Å². The zero-order valence-corrected chi connectivity index (χ0v) is 17.6. The molecule has 2 aromatic carbocycles. The summed E-state index contributed by atoms with van der Waals surface area (Å²) >= 11 is 0. The summed E-state index contributed by atoms with van der Waals surface area (Å²) < 4.78 is 11.2. The Morgan fingerprint density at radius 2 is 1.77 bits per heavy atom. The molecule has 6 heteroatoms. The number of fused-ring (bicyclic) bond motifs is 1. The van der Waals surface area contributed by atoms with Crippen LogP contribution in [0.3, 0.4) is 0 Å². The molecule has 0 fully saturated rings. The molecular weight excluding hydrogens is 382 g/mol. The number of ether oxygens (including phenoxy) is 1. The second kappa shape index (κ2) is 8.53. The molecule has 0 saturated heterocycles. The van der Waals surface area contributed by atoms with Crippen molar-refractivity contribution >= 4 is 22.8 Å². The van der Waals surface area contributed by atoms with Crippen molar-refractivity contribution in [3.63, 3.8) is 0 Å². The smallest absolute Gasteiger partial charge is 0.342 e. The first-order chi connectivity index (χ1) is 14.2. The van der Waals surface area contributed by atoms with Gasteiger partial charge in [0.15, 0.2) is 17.6 Å². The van der Waals surface area contributed by atoms with Crippen molar-refractivity contribution in [2.24, 2.45) is 0 Å². The zero-order valence-electron chi connectivity index (χ0n) is 17.6. The molecule has 0 aliphatic heterocycles. The summed E-state index contributed by atoms with van der Waals surface area (Å²) in [6.45, 7) is 7.01. The van der Waals surface area contributed by atoms with E-state index >= 15 is 0 Å². The van der Waals surface area contributed by atoms with Crippen molar-refractivity contribution in [2.45, 2.75) is 39.7 Å². The Morgan fingerprint density at radius 3 is 2.43 bits per heavy atom. The number of carbonyl (C=O) groups excluding carboxylic acids is 2. The molecule has 0 bridgehead atoms. The Bertz CT molecular complexity index is 1150. The molecule has 0 saturated carbocycles. The minimum absolute atomic E-state index is 0.101. The lowest BCUT2D eigenvalue weighted by Gasteiger charge is -2.24. The van der Waals surface area contributed by atoms with Crippen LogP contribution in [0.4, 0.5) is 0 Å². The third kappa shape index (κ3) is 4.43. The van der Waals surface area contributed by atoms with Crippen LogP contribution in [0.1, 0.15) is 43.1 Å². The van der Waals surface area contributed by atoms with Crippen molar-refractivity contribution in [1.82, 2.24) is 5.32 Å². The lowest BCUT2D eigenvalue weighted by atomic mass is 10.0. The average molecular weight is 407 g/mol. The van der Waals surface area contributed by atoms with E-state index in [1.54, 1.807) is 19.1 Å². The summed E-state index contributed by atoms with van der Waals surface area (Å²) in [4.78, 5) is 37.6. The van der Waals surface area contributed by atoms with Crippen LogP contribution < -0.4 is 10.7 Å². The first kappa shape index (κ1) is 21.3. The summed E-state index contributed by atoms with van der Waals surface area (Å²) in [5.41, 5.74) is 0.833. The molecule has 0 unspecified atom stereocenters. The van der Waals surface area contributed by atoms with Gasteiger partial charge in [-0.2, -0.15) is 0 Å². The summed E-state index contributed by atoms with van der Waals surface area (Å²) in [5.74, 6) is -0.718. The maximum Gasteiger partial charge on any atom is 0.342 e. The van der Waals surface area contributed by atoms with E-state index in [9.17, 15) is 14.4 Å². The Labute approximate surface area is 174 Å². The Hall–Kier alpha value is -3.41. The lowest BCUT2D eigenvalue weighted by Crippen LogP contribution is -2.44. The highest BCUT2D eigenvalue weighted by molar-refractivity contribution is 6.02. The summed E-state index contributed by atoms with van der Waals surface area (Å²) in [6, 6.07) is 13.9. The molecule has 3 aromatic rings. The van der Waals surface area contributed by atoms with Gasteiger partial charge in [-0.3, -0.25) is 9.59 Å². The third-order valence-corrected chi connectivity index (χ3v) is 5.10. The number of nitrogens with one attached hydrogen (secondary N) is 1. The predicted molar refractivity (Wildman–Crippen MR) is 115 cm³/mol. The molecule has 0 aliphatic carbocycles. The number of rotatable bonds is 6. The molecule has 3 rings (SSSR count). The Balaban J connectivity index is 1.95. The molecule has 1 heterocycles. The molecule has 0 atom stereocenters. The molecule has 6 nitrogen and oxygen atoms in total. The molecule has 0 spiro atoms. The van der Waals surface area contributed by atoms with Gasteiger partial charge < -0.3 is 14.5 Å². The maximum absolute atomic E-state index is 12.9. The number of carbonyl (C=O) groups is 2. The Morgan fingerprint density at radius 1 is 1.07 bits per heavy atom. The van der Waals surface area contributed by atoms with E-state index in [1.807, 2.05) is 51.1 Å². The zero-order chi connectivity index (χ0) is 21.9. The van der Waals surface area contributed by atoms with Gasteiger partial charge in [0.05, 0.1) is 5.39 Å². The standard InChI is InChI=1S/C24H25NO5/c1-5-24(3,4)25-19(26)14-29-23(28)18-13-9-12-17-20(27)15(2)21(30-22(17)18)16-10-7-6-8-11-16/h6-13H,5,14H2,1-4H3,(H,25,26). The van der Waals surface area contributed by atoms with Crippen LogP contribution in [0.2, 0.25) is 0 Å². The van der Waals surface area contributed by atoms with E-state index in [1.165, 1.54) is 6.07 Å². The monoisotopic (exact) mass is 407 g/mol. The van der Waals surface area contributed by atoms with Gasteiger partial charge in [0.2, 0.25) is 0 Å². The van der Waals surface area contributed by atoms with E-state index in [0.717, 1.165) is 12.0 Å². The van der Waals surface area contributed by atoms with Gasteiger partial charge in [0.25, 0.3) is 5.91 Å². The van der Waals surface area contributed by atoms with E-state index in [0.29, 0.717) is 11.3 Å².